The maximum absolute atomic E-state index is 12.2. The predicted molar refractivity (Wildman–Crippen MR) is 86.0 cm³/mol. The Kier molecular flexibility index (Phi) is 7.85. The van der Waals surface area contributed by atoms with Crippen LogP contribution in [-0.2, 0) is 33.7 Å². The smallest absolute Gasteiger partial charge is 0.302 e. The highest BCUT2D eigenvalue weighted by Gasteiger charge is 2.09. The first kappa shape index (κ1) is 18.1. The summed E-state index contributed by atoms with van der Waals surface area (Å²) in [5.74, 6) is -0.248. The molecule has 0 heterocycles. The Morgan fingerprint density at radius 2 is 1.67 bits per heavy atom. The number of hydrogen-bond acceptors (Lipinski definition) is 5. The molecule has 118 valence electrons. The fraction of sp³-hybridized carbons (Fsp3) is 0.533. The summed E-state index contributed by atoms with van der Waals surface area (Å²) in [7, 11) is -2.82. The molecule has 1 rings (SSSR count). The van der Waals surface area contributed by atoms with E-state index >= 15 is 0 Å². The lowest BCUT2D eigenvalue weighted by Gasteiger charge is -2.08. The molecule has 0 N–H and O–H groups in total. The molecule has 1 unspecified atom stereocenters. The average Bonchev–Trinajstić information content (AvgIpc) is 2.42. The summed E-state index contributed by atoms with van der Waals surface area (Å²) in [5, 5.41) is 0. The van der Waals surface area contributed by atoms with Gasteiger partial charge in [0, 0.05) is 18.1 Å². The number of carbonyl (C=O) groups is 1. The third-order valence-corrected chi connectivity index (χ3v) is 5.08. The van der Waals surface area contributed by atoms with E-state index in [0.717, 1.165) is 31.2 Å². The molecule has 0 aliphatic heterocycles. The van der Waals surface area contributed by atoms with Crippen molar-refractivity contribution in [3.8, 4) is 0 Å². The van der Waals surface area contributed by atoms with Crippen molar-refractivity contribution in [3.63, 3.8) is 0 Å². The van der Waals surface area contributed by atoms with Crippen molar-refractivity contribution in [1.82, 2.24) is 0 Å². The van der Waals surface area contributed by atoms with Crippen LogP contribution in [0.4, 0.5) is 0 Å². The number of esters is 1. The van der Waals surface area contributed by atoms with Crippen LogP contribution < -0.4 is 0 Å². The van der Waals surface area contributed by atoms with Crippen molar-refractivity contribution in [3.05, 3.63) is 29.8 Å². The number of aryl methyl sites for hydroxylation is 1. The van der Waals surface area contributed by atoms with Gasteiger partial charge in [0.25, 0.3) is 0 Å². The van der Waals surface area contributed by atoms with Crippen molar-refractivity contribution in [2.45, 2.75) is 44.4 Å². The van der Waals surface area contributed by atoms with E-state index in [2.05, 4.69) is 0 Å². The molecule has 0 saturated heterocycles. The normalized spacial score (nSPS) is 13.6. The van der Waals surface area contributed by atoms with Crippen LogP contribution in [0.5, 0.6) is 0 Å². The van der Waals surface area contributed by atoms with Gasteiger partial charge in [-0.25, -0.2) is 4.21 Å². The van der Waals surface area contributed by atoms with E-state index in [4.69, 9.17) is 20.1 Å². The molecule has 0 spiro atoms. The first-order valence-corrected chi connectivity index (χ1v) is 9.42. The van der Waals surface area contributed by atoms with E-state index in [1.165, 1.54) is 6.92 Å². The molecule has 1 aromatic rings. The number of ether oxygens (including phenoxy) is 1. The van der Waals surface area contributed by atoms with Crippen LogP contribution in [0.2, 0.25) is 0 Å². The third-order valence-electron chi connectivity index (χ3n) is 2.89. The Morgan fingerprint density at radius 1 is 1.10 bits per heavy atom. The highest BCUT2D eigenvalue weighted by Crippen LogP contribution is 2.14. The molecular formula is C15H22O4S2. The minimum Gasteiger partial charge on any atom is -0.466 e. The Bertz CT molecular complexity index is 535. The van der Waals surface area contributed by atoms with E-state index in [0.29, 0.717) is 18.1 Å². The van der Waals surface area contributed by atoms with Gasteiger partial charge in [-0.2, -0.15) is 0 Å². The Morgan fingerprint density at radius 3 is 2.24 bits per heavy atom. The lowest BCUT2D eigenvalue weighted by molar-refractivity contribution is -0.141. The number of carbonyl (C=O) groups excluding carboxylic acids is 1. The highest BCUT2D eigenvalue weighted by molar-refractivity contribution is 8.30. The van der Waals surface area contributed by atoms with Crippen LogP contribution in [0.25, 0.3) is 0 Å². The molecular weight excluding hydrogens is 308 g/mol. The number of benzene rings is 1. The third kappa shape index (κ3) is 7.55. The summed E-state index contributed by atoms with van der Waals surface area (Å²) in [6.45, 7) is 4.20. The largest absolute Gasteiger partial charge is 0.466 e. The average molecular weight is 330 g/mol. The van der Waals surface area contributed by atoms with Gasteiger partial charge in [0.2, 0.25) is 0 Å². The first-order valence-electron chi connectivity index (χ1n) is 7.01. The summed E-state index contributed by atoms with van der Waals surface area (Å²) in [4.78, 5) is 11.1. The molecule has 0 amide bonds. The van der Waals surface area contributed by atoms with E-state index in [1.54, 1.807) is 12.1 Å². The molecule has 6 heteroatoms. The van der Waals surface area contributed by atoms with Crippen molar-refractivity contribution in [1.29, 1.82) is 0 Å². The van der Waals surface area contributed by atoms with Gasteiger partial charge >= 0.3 is 5.97 Å². The number of hydrogen-bond donors (Lipinski definition) is 0. The first-order chi connectivity index (χ1) is 9.92. The zero-order chi connectivity index (χ0) is 15.7. The fourth-order valence-corrected chi connectivity index (χ4v) is 3.20. The second kappa shape index (κ2) is 9.12. The predicted octanol–water partition coefficient (Wildman–Crippen LogP) is 3.16. The fourth-order valence-electron chi connectivity index (χ4n) is 1.72. The molecule has 0 aromatic heterocycles. The molecule has 4 nitrogen and oxygen atoms in total. The van der Waals surface area contributed by atoms with Crippen LogP contribution in [0.3, 0.4) is 0 Å². The number of rotatable bonds is 9. The second-order valence-corrected chi connectivity index (χ2v) is 7.78. The minimum atomic E-state index is -2.82. The van der Waals surface area contributed by atoms with Crippen LogP contribution in [0.1, 0.15) is 38.2 Å². The van der Waals surface area contributed by atoms with Crippen LogP contribution in [-0.4, -0.2) is 23.4 Å². The van der Waals surface area contributed by atoms with Gasteiger partial charge < -0.3 is 4.74 Å². The minimum absolute atomic E-state index is 0.248. The molecule has 0 saturated carbocycles. The van der Waals surface area contributed by atoms with Gasteiger partial charge in [-0.1, -0.05) is 24.1 Å². The van der Waals surface area contributed by atoms with Gasteiger partial charge in [-0.3, -0.25) is 8.98 Å². The monoisotopic (exact) mass is 330 g/mol. The van der Waals surface area contributed by atoms with E-state index in [1.807, 2.05) is 19.1 Å². The lowest BCUT2D eigenvalue weighted by atomic mass is 10.2. The molecule has 1 aromatic carbocycles. The molecule has 0 aliphatic rings. The second-order valence-electron chi connectivity index (χ2n) is 4.84. The zero-order valence-electron chi connectivity index (χ0n) is 12.5. The van der Waals surface area contributed by atoms with Gasteiger partial charge in [-0.15, -0.1) is 0 Å². The number of unbranched alkanes of at least 4 members (excludes halogenated alkanes) is 3. The lowest BCUT2D eigenvalue weighted by Crippen LogP contribution is -2.06. The summed E-state index contributed by atoms with van der Waals surface area (Å²) in [6, 6.07) is 7.26. The van der Waals surface area contributed by atoms with E-state index in [-0.39, 0.29) is 5.97 Å². The molecule has 0 aliphatic carbocycles. The van der Waals surface area contributed by atoms with E-state index < -0.39 is 8.77 Å². The Labute approximate surface area is 131 Å². The molecule has 21 heavy (non-hydrogen) atoms. The van der Waals surface area contributed by atoms with Gasteiger partial charge in [0.05, 0.1) is 18.1 Å². The van der Waals surface area contributed by atoms with Gasteiger partial charge in [-0.05, 0) is 38.3 Å². The summed E-state index contributed by atoms with van der Waals surface area (Å²) in [5.41, 5.74) is 1.09. The molecule has 0 bridgehead atoms. The van der Waals surface area contributed by atoms with Crippen molar-refractivity contribution in [2.75, 3.05) is 13.2 Å². The van der Waals surface area contributed by atoms with Crippen LogP contribution >= 0.6 is 0 Å². The summed E-state index contributed by atoms with van der Waals surface area (Å²) in [6.07, 6.45) is 3.50. The maximum Gasteiger partial charge on any atom is 0.302 e. The van der Waals surface area contributed by atoms with Gasteiger partial charge in [0.1, 0.15) is 0 Å². The van der Waals surface area contributed by atoms with E-state index in [9.17, 15) is 9.00 Å². The molecule has 1 atom stereocenters. The van der Waals surface area contributed by atoms with Crippen LogP contribution in [0, 0.1) is 6.92 Å². The standard InChI is InChI=1S/C15H22O4S2/c1-13-7-9-15(10-8-13)21(17,20)19-12-6-4-3-5-11-18-14(2)16/h7-10H,3-6,11-12H2,1-2H3. The van der Waals surface area contributed by atoms with Crippen molar-refractivity contribution < 1.29 is 17.9 Å². The molecule has 0 radical (unpaired) electrons. The zero-order valence-corrected chi connectivity index (χ0v) is 14.1. The van der Waals surface area contributed by atoms with Gasteiger partial charge in [0.15, 0.2) is 8.77 Å². The molecule has 0 fully saturated rings. The summed E-state index contributed by atoms with van der Waals surface area (Å²) >= 11 is 5.05. The van der Waals surface area contributed by atoms with Crippen LogP contribution in [0.15, 0.2) is 29.2 Å². The highest BCUT2D eigenvalue weighted by atomic mass is 32.8. The quantitative estimate of drug-likeness (QED) is 0.514. The Hall–Kier alpha value is -0.980. The summed E-state index contributed by atoms with van der Waals surface area (Å²) < 4.78 is 22.4. The Balaban J connectivity index is 2.20. The van der Waals surface area contributed by atoms with Crippen molar-refractivity contribution >= 4 is 25.9 Å². The maximum atomic E-state index is 12.2. The topological polar surface area (TPSA) is 52.6 Å². The SMILES string of the molecule is CC(=O)OCCCCCCOS(=O)(=S)c1ccc(C)cc1. The van der Waals surface area contributed by atoms with Crippen molar-refractivity contribution in [2.24, 2.45) is 0 Å².